The molecule has 2 heterocycles. The summed E-state index contributed by atoms with van der Waals surface area (Å²) in [5.41, 5.74) is 5.09. The summed E-state index contributed by atoms with van der Waals surface area (Å²) in [6.45, 7) is 7.07. The number of benzene rings is 4. The topological polar surface area (TPSA) is 12.9 Å². The van der Waals surface area contributed by atoms with Crippen LogP contribution in [-0.4, -0.2) is 13.1 Å². The van der Waals surface area contributed by atoms with Crippen molar-refractivity contribution in [1.29, 1.82) is 0 Å². The van der Waals surface area contributed by atoms with Gasteiger partial charge in [0.2, 0.25) is 0 Å². The molecule has 4 aromatic carbocycles. The predicted octanol–water partition coefficient (Wildman–Crippen LogP) is 8.62. The van der Waals surface area contributed by atoms with Crippen molar-refractivity contribution in [1.82, 2.24) is 4.98 Å². The summed E-state index contributed by atoms with van der Waals surface area (Å²) in [5.74, 6) is -0.222. The molecule has 1 nitrogen and oxygen atoms in total. The summed E-state index contributed by atoms with van der Waals surface area (Å²) in [6.07, 6.45) is 0. The Morgan fingerprint density at radius 2 is 1.41 bits per heavy atom. The molecule has 6 rings (SSSR count). The Labute approximate surface area is 203 Å². The molecule has 0 atom stereocenters. The lowest BCUT2D eigenvalue weighted by Crippen LogP contribution is -2.37. The van der Waals surface area contributed by atoms with Crippen molar-refractivity contribution in [3.05, 3.63) is 96.8 Å². The lowest BCUT2D eigenvalue weighted by atomic mass is 9.97. The second-order valence-electron chi connectivity index (χ2n) is 9.85. The molecule has 34 heavy (non-hydrogen) atoms. The third-order valence-electron chi connectivity index (χ3n) is 6.50. The van der Waals surface area contributed by atoms with Gasteiger partial charge in [0.05, 0.1) is 19.3 Å². The Morgan fingerprint density at radius 3 is 2.21 bits per heavy atom. The van der Waals surface area contributed by atoms with Crippen LogP contribution in [0.25, 0.3) is 53.5 Å². The van der Waals surface area contributed by atoms with Crippen LogP contribution in [-0.2, 0) is 0 Å². The van der Waals surface area contributed by atoms with E-state index in [0.717, 1.165) is 33.3 Å². The maximum Gasteiger partial charge on any atom is 0.123 e. The summed E-state index contributed by atoms with van der Waals surface area (Å²) in [5, 5.41) is 5.06. The van der Waals surface area contributed by atoms with Crippen LogP contribution in [0.4, 0.5) is 4.39 Å². The lowest BCUT2D eigenvalue weighted by Gasteiger charge is -2.18. The fourth-order valence-electron chi connectivity index (χ4n) is 4.59. The van der Waals surface area contributed by atoms with Gasteiger partial charge in [-0.15, -0.1) is 11.3 Å². The minimum absolute atomic E-state index is 0.222. The van der Waals surface area contributed by atoms with Gasteiger partial charge in [0.25, 0.3) is 0 Å². The Morgan fingerprint density at radius 1 is 0.676 bits per heavy atom. The van der Waals surface area contributed by atoms with Gasteiger partial charge < -0.3 is 0 Å². The smallest absolute Gasteiger partial charge is 0.123 e. The number of hydrogen-bond acceptors (Lipinski definition) is 2. The molecule has 0 unspecified atom stereocenters. The minimum atomic E-state index is -1.50. The van der Waals surface area contributed by atoms with E-state index in [-0.39, 0.29) is 5.82 Å². The van der Waals surface area contributed by atoms with Crippen LogP contribution in [0.15, 0.2) is 91.0 Å². The molecule has 166 valence electrons. The zero-order valence-corrected chi connectivity index (χ0v) is 21.2. The first-order valence-corrected chi connectivity index (χ1v) is 15.8. The van der Waals surface area contributed by atoms with Crippen molar-refractivity contribution in [3.63, 3.8) is 0 Å². The van der Waals surface area contributed by atoms with E-state index in [0.29, 0.717) is 0 Å². The van der Waals surface area contributed by atoms with Gasteiger partial charge in [-0.3, -0.25) is 0 Å². The summed E-state index contributed by atoms with van der Waals surface area (Å²) in [7, 11) is -1.50. The second kappa shape index (κ2) is 7.86. The summed E-state index contributed by atoms with van der Waals surface area (Å²) >= 11 is 1.82. The lowest BCUT2D eigenvalue weighted by molar-refractivity contribution is 0.628. The van der Waals surface area contributed by atoms with Crippen LogP contribution in [0.1, 0.15) is 0 Å². The van der Waals surface area contributed by atoms with Gasteiger partial charge in [-0.2, -0.15) is 0 Å². The Kier molecular flexibility index (Phi) is 4.90. The number of pyridine rings is 1. The summed E-state index contributed by atoms with van der Waals surface area (Å²) in [6, 6.07) is 30.8. The normalized spacial score (nSPS) is 12.1. The van der Waals surface area contributed by atoms with Crippen LogP contribution in [0.3, 0.4) is 0 Å². The number of thiophene rings is 1. The van der Waals surface area contributed by atoms with Gasteiger partial charge >= 0.3 is 0 Å². The molecule has 0 aliphatic heterocycles. The van der Waals surface area contributed by atoms with Crippen molar-refractivity contribution >= 4 is 55.7 Å². The molecule has 4 heteroatoms. The second-order valence-corrected chi connectivity index (χ2v) is 16.0. The highest BCUT2D eigenvalue weighted by atomic mass is 32.1. The molecule has 6 aromatic rings. The van der Waals surface area contributed by atoms with Crippen molar-refractivity contribution in [2.45, 2.75) is 19.6 Å². The van der Waals surface area contributed by atoms with Crippen LogP contribution in [0.2, 0.25) is 19.6 Å². The molecular formula is C30H24FNSSi. The molecule has 0 aliphatic rings. The van der Waals surface area contributed by atoms with Crippen LogP contribution in [0, 0.1) is 5.82 Å². The third kappa shape index (κ3) is 3.63. The van der Waals surface area contributed by atoms with Gasteiger partial charge in [0.15, 0.2) is 0 Å². The highest BCUT2D eigenvalue weighted by molar-refractivity contribution is 7.25. The van der Waals surface area contributed by atoms with E-state index in [1.54, 1.807) is 0 Å². The molecule has 0 fully saturated rings. The molecule has 0 radical (unpaired) electrons. The molecule has 0 aliphatic carbocycles. The molecule has 0 bridgehead atoms. The van der Waals surface area contributed by atoms with Crippen molar-refractivity contribution in [2.24, 2.45) is 0 Å². The highest BCUT2D eigenvalue weighted by Gasteiger charge is 2.19. The van der Waals surface area contributed by atoms with Crippen LogP contribution < -0.4 is 5.19 Å². The van der Waals surface area contributed by atoms with Crippen LogP contribution in [0.5, 0.6) is 0 Å². The summed E-state index contributed by atoms with van der Waals surface area (Å²) in [4.78, 5) is 5.09. The van der Waals surface area contributed by atoms with Crippen molar-refractivity contribution in [3.8, 4) is 22.4 Å². The number of halogens is 1. The Balaban J connectivity index is 1.61. The number of rotatable bonds is 3. The van der Waals surface area contributed by atoms with Crippen molar-refractivity contribution < 1.29 is 4.39 Å². The molecule has 0 spiro atoms. The van der Waals surface area contributed by atoms with E-state index in [2.05, 4.69) is 86.4 Å². The van der Waals surface area contributed by atoms with E-state index in [1.165, 1.54) is 37.5 Å². The third-order valence-corrected chi connectivity index (χ3v) is 9.70. The summed E-state index contributed by atoms with van der Waals surface area (Å²) < 4.78 is 16.3. The minimum Gasteiger partial charge on any atom is -0.248 e. The quantitative estimate of drug-likeness (QED) is 0.232. The Bertz CT molecular complexity index is 1690. The van der Waals surface area contributed by atoms with E-state index in [4.69, 9.17) is 4.98 Å². The van der Waals surface area contributed by atoms with E-state index in [9.17, 15) is 4.39 Å². The van der Waals surface area contributed by atoms with E-state index < -0.39 is 8.07 Å². The van der Waals surface area contributed by atoms with Gasteiger partial charge in [0, 0.05) is 31.1 Å². The average molecular weight is 478 g/mol. The SMILES string of the molecule is C[Si](C)(C)c1ccc2nc(-c3ccc4sc5ccccc5c4c3)cc(-c3ccc(F)cc3)c2c1. The first kappa shape index (κ1) is 21.2. The zero-order valence-electron chi connectivity index (χ0n) is 19.4. The first-order valence-electron chi connectivity index (χ1n) is 11.5. The number of hydrogen-bond donors (Lipinski definition) is 0. The van der Waals surface area contributed by atoms with Gasteiger partial charge in [-0.05, 0) is 53.6 Å². The maximum atomic E-state index is 13.7. The fourth-order valence-corrected chi connectivity index (χ4v) is 6.84. The van der Waals surface area contributed by atoms with Gasteiger partial charge in [0.1, 0.15) is 5.82 Å². The molecule has 0 N–H and O–H groups in total. The number of nitrogens with zero attached hydrogens (tertiary/aromatic N) is 1. The molecule has 0 amide bonds. The highest BCUT2D eigenvalue weighted by Crippen LogP contribution is 2.37. The zero-order chi connectivity index (χ0) is 23.4. The van der Waals surface area contributed by atoms with Gasteiger partial charge in [-0.1, -0.05) is 73.4 Å². The first-order chi connectivity index (χ1) is 16.4. The maximum absolute atomic E-state index is 13.7. The van der Waals surface area contributed by atoms with Crippen molar-refractivity contribution in [2.75, 3.05) is 0 Å². The molecular weight excluding hydrogens is 453 g/mol. The van der Waals surface area contributed by atoms with E-state index >= 15 is 0 Å². The largest absolute Gasteiger partial charge is 0.248 e. The molecule has 0 saturated carbocycles. The monoisotopic (exact) mass is 477 g/mol. The predicted molar refractivity (Wildman–Crippen MR) is 148 cm³/mol. The Hall–Kier alpha value is -3.34. The van der Waals surface area contributed by atoms with Crippen LogP contribution >= 0.6 is 11.3 Å². The van der Waals surface area contributed by atoms with E-state index in [1.807, 2.05) is 23.5 Å². The number of aromatic nitrogens is 1. The molecule has 0 saturated heterocycles. The number of fused-ring (bicyclic) bond motifs is 4. The standard InChI is InChI=1S/C30H24FNSSi/c1-34(2,3)22-13-14-27-25(17-22)24(19-8-11-21(31)12-9-19)18-28(32-27)20-10-15-30-26(16-20)23-6-4-5-7-29(23)33-30/h4-18H,1-3H3. The molecule has 2 aromatic heterocycles. The van der Waals surface area contributed by atoms with Gasteiger partial charge in [-0.25, -0.2) is 9.37 Å². The average Bonchev–Trinajstić information content (AvgIpc) is 3.21. The fraction of sp³-hybridized carbons (Fsp3) is 0.100.